The fraction of sp³-hybridized carbons (Fsp3) is 0.375. The maximum atomic E-state index is 3.99. The Labute approximate surface area is 66.2 Å². The second-order valence-corrected chi connectivity index (χ2v) is 2.27. The van der Waals surface area contributed by atoms with Crippen LogP contribution < -0.4 is 0 Å². The van der Waals surface area contributed by atoms with Crippen molar-refractivity contribution < 1.29 is 0 Å². The van der Waals surface area contributed by atoms with Gasteiger partial charge in [0.15, 0.2) is 0 Å². The van der Waals surface area contributed by atoms with Crippen LogP contribution in [0.5, 0.6) is 0 Å². The molecule has 58 valence electrons. The van der Waals surface area contributed by atoms with Gasteiger partial charge in [0.2, 0.25) is 0 Å². The van der Waals surface area contributed by atoms with Crippen LogP contribution >= 0.6 is 0 Å². The third kappa shape index (κ3) is 2.11. The molecule has 1 rings (SSSR count). The van der Waals surface area contributed by atoms with Gasteiger partial charge in [-0.25, -0.2) is 0 Å². The monoisotopic (exact) mass is 149 g/mol. The van der Waals surface area contributed by atoms with Crippen molar-refractivity contribution in [2.45, 2.75) is 13.0 Å². The van der Waals surface area contributed by atoms with Crippen LogP contribution in [-0.4, -0.2) is 12.0 Å². The molecule has 3 nitrogen and oxygen atoms in total. The Morgan fingerprint density at radius 2 is 2.00 bits per heavy atom. The normalized spacial score (nSPS) is 13.6. The molecule has 1 aromatic heterocycles. The Balaban J connectivity index is 2.76. The molecule has 0 saturated carbocycles. The highest BCUT2D eigenvalue weighted by Crippen LogP contribution is 2.14. The summed E-state index contributed by atoms with van der Waals surface area (Å²) in [7, 11) is 1.68. The first-order chi connectivity index (χ1) is 5.34. The van der Waals surface area contributed by atoms with Gasteiger partial charge in [0.05, 0.1) is 6.04 Å². The molecule has 0 aromatic carbocycles. The number of pyridine rings is 1. The molecular formula is C8H11N3. The van der Waals surface area contributed by atoms with Crippen LogP contribution in [0.4, 0.5) is 0 Å². The highest BCUT2D eigenvalue weighted by Gasteiger charge is 2.00. The maximum absolute atomic E-state index is 3.99. The van der Waals surface area contributed by atoms with E-state index in [0.717, 1.165) is 5.56 Å². The minimum Gasteiger partial charge on any atom is -0.265 e. The molecule has 0 fully saturated rings. The molecule has 3 heteroatoms. The van der Waals surface area contributed by atoms with Crippen LogP contribution in [0, 0.1) is 0 Å². The van der Waals surface area contributed by atoms with Gasteiger partial charge in [0.25, 0.3) is 0 Å². The van der Waals surface area contributed by atoms with E-state index in [1.165, 1.54) is 0 Å². The number of rotatable bonds is 2. The van der Waals surface area contributed by atoms with Gasteiger partial charge < -0.3 is 0 Å². The topological polar surface area (TPSA) is 37.6 Å². The SMILES string of the molecule is CN=NC(C)c1ccncc1. The smallest absolute Gasteiger partial charge is 0.0930 e. The summed E-state index contributed by atoms with van der Waals surface area (Å²) in [6, 6.07) is 4.03. The summed E-state index contributed by atoms with van der Waals surface area (Å²) in [4.78, 5) is 3.92. The number of azo groups is 1. The van der Waals surface area contributed by atoms with E-state index in [9.17, 15) is 0 Å². The molecule has 1 unspecified atom stereocenters. The molecule has 11 heavy (non-hydrogen) atoms. The van der Waals surface area contributed by atoms with Gasteiger partial charge in [0, 0.05) is 19.4 Å². The van der Waals surface area contributed by atoms with E-state index in [1.54, 1.807) is 19.4 Å². The Hall–Kier alpha value is -1.25. The van der Waals surface area contributed by atoms with E-state index in [-0.39, 0.29) is 6.04 Å². The first-order valence-electron chi connectivity index (χ1n) is 3.53. The van der Waals surface area contributed by atoms with E-state index >= 15 is 0 Å². The van der Waals surface area contributed by atoms with Gasteiger partial charge in [0.1, 0.15) is 0 Å². The van der Waals surface area contributed by atoms with Crippen LogP contribution in [0.1, 0.15) is 18.5 Å². The lowest BCUT2D eigenvalue weighted by Crippen LogP contribution is -1.87. The van der Waals surface area contributed by atoms with E-state index in [4.69, 9.17) is 0 Å². The van der Waals surface area contributed by atoms with Gasteiger partial charge in [-0.2, -0.15) is 10.2 Å². The third-order valence-corrected chi connectivity index (χ3v) is 1.48. The van der Waals surface area contributed by atoms with E-state index < -0.39 is 0 Å². The molecule has 0 aliphatic carbocycles. The second-order valence-electron chi connectivity index (χ2n) is 2.27. The summed E-state index contributed by atoms with van der Waals surface area (Å²) in [5, 5.41) is 7.71. The summed E-state index contributed by atoms with van der Waals surface area (Å²) in [6.07, 6.45) is 3.52. The zero-order chi connectivity index (χ0) is 8.10. The summed E-state index contributed by atoms with van der Waals surface area (Å²) in [6.45, 7) is 2.00. The van der Waals surface area contributed by atoms with Crippen molar-refractivity contribution in [2.75, 3.05) is 7.05 Å². The Morgan fingerprint density at radius 1 is 1.36 bits per heavy atom. The summed E-state index contributed by atoms with van der Waals surface area (Å²) < 4.78 is 0. The highest BCUT2D eigenvalue weighted by molar-refractivity contribution is 5.13. The molecule has 1 aromatic rings. The average molecular weight is 149 g/mol. The van der Waals surface area contributed by atoms with Crippen molar-refractivity contribution in [3.8, 4) is 0 Å². The molecule has 0 N–H and O–H groups in total. The first kappa shape index (κ1) is 7.85. The molecule has 0 aliphatic heterocycles. The maximum Gasteiger partial charge on any atom is 0.0930 e. The van der Waals surface area contributed by atoms with Gasteiger partial charge in [-0.15, -0.1) is 0 Å². The minimum atomic E-state index is 0.142. The molecule has 0 bridgehead atoms. The fourth-order valence-electron chi connectivity index (χ4n) is 0.882. The Morgan fingerprint density at radius 3 is 2.55 bits per heavy atom. The van der Waals surface area contributed by atoms with Gasteiger partial charge in [-0.1, -0.05) is 0 Å². The molecule has 0 saturated heterocycles. The first-order valence-corrected chi connectivity index (χ1v) is 3.53. The fourth-order valence-corrected chi connectivity index (χ4v) is 0.882. The average Bonchev–Trinajstić information content (AvgIpc) is 2.07. The molecule has 1 atom stereocenters. The lowest BCUT2D eigenvalue weighted by Gasteiger charge is -2.02. The Kier molecular flexibility index (Phi) is 2.72. The van der Waals surface area contributed by atoms with Crippen molar-refractivity contribution >= 4 is 0 Å². The predicted octanol–water partition coefficient (Wildman–Crippen LogP) is 2.22. The third-order valence-electron chi connectivity index (χ3n) is 1.48. The van der Waals surface area contributed by atoms with Crippen molar-refractivity contribution in [1.29, 1.82) is 0 Å². The summed E-state index contributed by atoms with van der Waals surface area (Å²) >= 11 is 0. The van der Waals surface area contributed by atoms with Crippen molar-refractivity contribution in [1.82, 2.24) is 4.98 Å². The molecule has 0 aliphatic rings. The van der Waals surface area contributed by atoms with Crippen LogP contribution in [0.2, 0.25) is 0 Å². The number of aromatic nitrogens is 1. The van der Waals surface area contributed by atoms with E-state index in [0.29, 0.717) is 0 Å². The van der Waals surface area contributed by atoms with Gasteiger partial charge >= 0.3 is 0 Å². The molecule has 0 spiro atoms. The quantitative estimate of drug-likeness (QED) is 0.594. The van der Waals surface area contributed by atoms with Crippen molar-refractivity contribution in [3.63, 3.8) is 0 Å². The molecule has 0 amide bonds. The zero-order valence-corrected chi connectivity index (χ0v) is 6.73. The molecule has 0 radical (unpaired) electrons. The van der Waals surface area contributed by atoms with Crippen molar-refractivity contribution in [2.24, 2.45) is 10.2 Å². The van der Waals surface area contributed by atoms with Crippen LogP contribution in [0.3, 0.4) is 0 Å². The van der Waals surface area contributed by atoms with Crippen LogP contribution in [0.25, 0.3) is 0 Å². The standard InChI is InChI=1S/C8H11N3/c1-7(11-9-2)8-3-5-10-6-4-8/h3-7H,1-2H3. The van der Waals surface area contributed by atoms with E-state index in [2.05, 4.69) is 15.2 Å². The molecule has 1 heterocycles. The van der Waals surface area contributed by atoms with Crippen molar-refractivity contribution in [3.05, 3.63) is 30.1 Å². The van der Waals surface area contributed by atoms with Gasteiger partial charge in [-0.05, 0) is 24.6 Å². The lowest BCUT2D eigenvalue weighted by atomic mass is 10.1. The summed E-state index contributed by atoms with van der Waals surface area (Å²) in [5.41, 5.74) is 1.14. The number of hydrogen-bond acceptors (Lipinski definition) is 3. The highest BCUT2D eigenvalue weighted by atomic mass is 15.1. The predicted molar refractivity (Wildman–Crippen MR) is 43.4 cm³/mol. The van der Waals surface area contributed by atoms with Crippen LogP contribution in [-0.2, 0) is 0 Å². The van der Waals surface area contributed by atoms with Gasteiger partial charge in [-0.3, -0.25) is 4.98 Å². The second kappa shape index (κ2) is 3.81. The lowest BCUT2D eigenvalue weighted by molar-refractivity contribution is 0.751. The largest absolute Gasteiger partial charge is 0.265 e. The summed E-state index contributed by atoms with van der Waals surface area (Å²) in [5.74, 6) is 0. The van der Waals surface area contributed by atoms with Crippen LogP contribution in [0.15, 0.2) is 34.8 Å². The number of nitrogens with zero attached hydrogens (tertiary/aromatic N) is 3. The molecular weight excluding hydrogens is 138 g/mol. The zero-order valence-electron chi connectivity index (χ0n) is 6.73. The minimum absolute atomic E-state index is 0.142. The number of hydrogen-bond donors (Lipinski definition) is 0. The Bertz CT molecular complexity index is 230. The van der Waals surface area contributed by atoms with E-state index in [1.807, 2.05) is 19.1 Å².